The molecule has 2 saturated carbocycles. The monoisotopic (exact) mass is 520 g/mol. The molecule has 13 heteroatoms. The molecule has 1 unspecified atom stereocenters. The number of hydrogen-bond acceptors (Lipinski definition) is 4. The van der Waals surface area contributed by atoms with Gasteiger partial charge in [0, 0.05) is 25.6 Å². The Balaban J connectivity index is 1.41. The van der Waals surface area contributed by atoms with Crippen molar-refractivity contribution in [1.82, 2.24) is 19.4 Å². The lowest BCUT2D eigenvalue weighted by Gasteiger charge is -2.41. The van der Waals surface area contributed by atoms with Crippen LogP contribution < -0.4 is 0 Å². The van der Waals surface area contributed by atoms with Crippen LogP contribution in [-0.4, -0.2) is 74.0 Å². The Bertz CT molecular complexity index is 1190. The summed E-state index contributed by atoms with van der Waals surface area (Å²) in [7, 11) is 0. The Morgan fingerprint density at radius 2 is 1.80 bits per heavy atom. The summed E-state index contributed by atoms with van der Waals surface area (Å²) in [6.45, 7) is 0.0955. The molecule has 0 bridgehead atoms. The summed E-state index contributed by atoms with van der Waals surface area (Å²) < 4.78 is 68.7. The third-order valence-corrected chi connectivity index (χ3v) is 7.44. The van der Waals surface area contributed by atoms with Gasteiger partial charge < -0.3 is 14.9 Å². The molecule has 3 aliphatic rings. The van der Waals surface area contributed by atoms with E-state index in [-0.39, 0.29) is 53.8 Å². The van der Waals surface area contributed by atoms with E-state index in [1.54, 1.807) is 4.90 Å². The first-order valence-electron chi connectivity index (χ1n) is 11.3. The fourth-order valence-electron chi connectivity index (χ4n) is 5.02. The topological polar surface area (TPSA) is 78.2 Å². The molecule has 1 aliphatic heterocycles. The minimum atomic E-state index is -4.93. The average molecular weight is 521 g/mol. The zero-order valence-electron chi connectivity index (χ0n) is 18.4. The normalized spacial score (nSPS) is 26.9. The Kier molecular flexibility index (Phi) is 5.74. The van der Waals surface area contributed by atoms with Gasteiger partial charge >= 0.3 is 6.18 Å². The number of carbonyl (C=O) groups excluding carboxylic acids is 2. The standard InChI is InChI=1S/C22H22ClF5N4O3/c23-18-15-7-11(14-9-21(14,24)25)8-16(22(26,27)28)32(15)29-19(18)20(35)30-5-6-31(17(34)10-30)12-1-3-13(33)4-2-12/h7-8,12-14,33H,1-6,9-10H2/t12-,13-,14?. The molecule has 2 amide bonds. The van der Waals surface area contributed by atoms with Crippen molar-refractivity contribution in [3.8, 4) is 0 Å². The Labute approximate surface area is 201 Å². The van der Waals surface area contributed by atoms with Crippen LogP contribution in [0.15, 0.2) is 12.1 Å². The highest BCUT2D eigenvalue weighted by Crippen LogP contribution is 2.56. The van der Waals surface area contributed by atoms with E-state index in [1.165, 1.54) is 4.90 Å². The van der Waals surface area contributed by atoms with Crippen LogP contribution in [0, 0.1) is 0 Å². The SMILES string of the molecule is O=C(c1nn2c(C(F)(F)F)cc(C3CC3(F)F)cc2c1Cl)N1CCN([C@H]2CC[C@H](O)CC2)C(=O)C1. The number of aliphatic hydroxyl groups excluding tert-OH is 1. The summed E-state index contributed by atoms with van der Waals surface area (Å²) in [5, 5.41) is 13.1. The van der Waals surface area contributed by atoms with Gasteiger partial charge in [0.25, 0.3) is 11.8 Å². The van der Waals surface area contributed by atoms with Crippen molar-refractivity contribution >= 4 is 28.9 Å². The predicted molar refractivity (Wildman–Crippen MR) is 113 cm³/mol. The lowest BCUT2D eigenvalue weighted by atomic mass is 9.91. The molecule has 0 spiro atoms. The van der Waals surface area contributed by atoms with Crippen molar-refractivity contribution in [3.63, 3.8) is 0 Å². The number of rotatable bonds is 3. The third-order valence-electron chi connectivity index (χ3n) is 7.07. The molecule has 1 atom stereocenters. The molecular formula is C22H22ClF5N4O3. The first-order valence-corrected chi connectivity index (χ1v) is 11.7. The van der Waals surface area contributed by atoms with Gasteiger partial charge in [0.1, 0.15) is 12.2 Å². The maximum Gasteiger partial charge on any atom is 0.433 e. The average Bonchev–Trinajstić information content (AvgIpc) is 3.31. The van der Waals surface area contributed by atoms with Gasteiger partial charge in [0.15, 0.2) is 5.69 Å². The third kappa shape index (κ3) is 4.35. The molecule has 35 heavy (non-hydrogen) atoms. The van der Waals surface area contributed by atoms with Crippen LogP contribution in [0.25, 0.3) is 5.52 Å². The van der Waals surface area contributed by atoms with E-state index in [0.29, 0.717) is 36.3 Å². The van der Waals surface area contributed by atoms with Crippen molar-refractivity contribution in [2.45, 2.75) is 62.3 Å². The zero-order valence-corrected chi connectivity index (χ0v) is 19.1. The highest BCUT2D eigenvalue weighted by Gasteiger charge is 2.58. The number of aliphatic hydroxyl groups is 1. The largest absolute Gasteiger partial charge is 0.433 e. The van der Waals surface area contributed by atoms with E-state index in [0.717, 1.165) is 6.07 Å². The van der Waals surface area contributed by atoms with Crippen LogP contribution in [0.5, 0.6) is 0 Å². The van der Waals surface area contributed by atoms with Crippen LogP contribution >= 0.6 is 11.6 Å². The number of aromatic nitrogens is 2. The van der Waals surface area contributed by atoms with Crippen molar-refractivity contribution in [2.75, 3.05) is 19.6 Å². The number of halogens is 6. The van der Waals surface area contributed by atoms with Crippen molar-refractivity contribution in [3.05, 3.63) is 34.1 Å². The van der Waals surface area contributed by atoms with Gasteiger partial charge in [-0.2, -0.15) is 18.3 Å². The van der Waals surface area contributed by atoms with Gasteiger partial charge in [-0.1, -0.05) is 11.6 Å². The molecule has 2 aromatic rings. The molecule has 2 aliphatic carbocycles. The van der Waals surface area contributed by atoms with E-state index < -0.39 is 41.7 Å². The number of alkyl halides is 5. The van der Waals surface area contributed by atoms with E-state index in [1.807, 2.05) is 0 Å². The van der Waals surface area contributed by atoms with Gasteiger partial charge in [-0.25, -0.2) is 13.3 Å². The molecule has 1 saturated heterocycles. The highest BCUT2D eigenvalue weighted by molar-refractivity contribution is 6.36. The fraction of sp³-hybridized carbons (Fsp3) is 0.591. The molecule has 3 heterocycles. The molecule has 1 N–H and O–H groups in total. The number of hydrogen-bond donors (Lipinski definition) is 1. The van der Waals surface area contributed by atoms with Gasteiger partial charge in [-0.05, 0) is 43.4 Å². The van der Waals surface area contributed by atoms with Crippen LogP contribution in [0.2, 0.25) is 5.02 Å². The summed E-state index contributed by atoms with van der Waals surface area (Å²) in [4.78, 5) is 28.7. The molecule has 7 nitrogen and oxygen atoms in total. The number of piperazine rings is 1. The second-order valence-electron chi connectivity index (χ2n) is 9.43. The number of carbonyl (C=O) groups is 2. The number of nitrogens with zero attached hydrogens (tertiary/aromatic N) is 4. The molecule has 0 radical (unpaired) electrons. The fourth-order valence-corrected chi connectivity index (χ4v) is 5.27. The Morgan fingerprint density at radius 1 is 1.14 bits per heavy atom. The van der Waals surface area contributed by atoms with Crippen LogP contribution in [-0.2, 0) is 11.0 Å². The maximum atomic E-state index is 13.7. The lowest BCUT2D eigenvalue weighted by molar-refractivity contribution is -0.142. The van der Waals surface area contributed by atoms with Crippen LogP contribution in [0.3, 0.4) is 0 Å². The second-order valence-corrected chi connectivity index (χ2v) is 9.80. The van der Waals surface area contributed by atoms with E-state index >= 15 is 0 Å². The summed E-state index contributed by atoms with van der Waals surface area (Å²) >= 11 is 6.26. The molecule has 5 rings (SSSR count). The number of fused-ring (bicyclic) bond motifs is 1. The summed E-state index contributed by atoms with van der Waals surface area (Å²) in [5.41, 5.74) is -2.31. The number of amides is 2. The van der Waals surface area contributed by atoms with Crippen molar-refractivity contribution < 1.29 is 36.6 Å². The van der Waals surface area contributed by atoms with Crippen LogP contribution in [0.4, 0.5) is 22.0 Å². The van der Waals surface area contributed by atoms with E-state index in [2.05, 4.69) is 5.10 Å². The van der Waals surface area contributed by atoms with Gasteiger partial charge in [0.05, 0.1) is 22.6 Å². The van der Waals surface area contributed by atoms with Crippen molar-refractivity contribution in [1.29, 1.82) is 0 Å². The Morgan fingerprint density at radius 3 is 2.37 bits per heavy atom. The van der Waals surface area contributed by atoms with Gasteiger partial charge in [-0.3, -0.25) is 9.59 Å². The minimum absolute atomic E-state index is 0.0322. The maximum absolute atomic E-state index is 13.7. The van der Waals surface area contributed by atoms with Gasteiger partial charge in [-0.15, -0.1) is 0 Å². The molecular weight excluding hydrogens is 499 g/mol. The Hall–Kier alpha value is -2.47. The second kappa shape index (κ2) is 8.29. The first kappa shape index (κ1) is 24.2. The molecule has 2 aromatic heterocycles. The molecule has 3 fully saturated rings. The summed E-state index contributed by atoms with van der Waals surface area (Å²) in [5.74, 6) is -5.56. The van der Waals surface area contributed by atoms with E-state index in [4.69, 9.17) is 11.6 Å². The highest BCUT2D eigenvalue weighted by atomic mass is 35.5. The van der Waals surface area contributed by atoms with Crippen molar-refractivity contribution in [2.24, 2.45) is 0 Å². The smallest absolute Gasteiger partial charge is 0.393 e. The quantitative estimate of drug-likeness (QED) is 0.626. The first-order chi connectivity index (χ1) is 16.4. The minimum Gasteiger partial charge on any atom is -0.393 e. The van der Waals surface area contributed by atoms with Gasteiger partial charge in [0.2, 0.25) is 5.91 Å². The summed E-state index contributed by atoms with van der Waals surface area (Å²) in [6.07, 6.45) is -3.39. The zero-order chi connectivity index (χ0) is 25.3. The predicted octanol–water partition coefficient (Wildman–Crippen LogP) is 3.72. The van der Waals surface area contributed by atoms with E-state index in [9.17, 15) is 36.6 Å². The van der Waals surface area contributed by atoms with Crippen LogP contribution in [0.1, 0.15) is 59.8 Å². The molecule has 190 valence electrons. The molecule has 0 aromatic carbocycles. The number of pyridine rings is 1. The lowest BCUT2D eigenvalue weighted by Crippen LogP contribution is -2.56. The summed E-state index contributed by atoms with van der Waals surface area (Å²) in [6, 6.07) is 1.68.